The maximum absolute atomic E-state index is 12.1. The van der Waals surface area contributed by atoms with Crippen LogP contribution in [0.25, 0.3) is 0 Å². The molecule has 13 nitrogen and oxygen atoms in total. The van der Waals surface area contributed by atoms with E-state index in [1.807, 2.05) is 5.32 Å². The number of para-hydroxylation sites is 1. The van der Waals surface area contributed by atoms with Crippen molar-refractivity contribution in [2.75, 3.05) is 6.54 Å². The van der Waals surface area contributed by atoms with Crippen LogP contribution in [0.3, 0.4) is 0 Å². The molecule has 0 heterocycles. The highest BCUT2D eigenvalue weighted by Gasteiger charge is 2.25. The molecule has 0 spiro atoms. The smallest absolute Gasteiger partial charge is 0.408 e. The molecule has 1 atom stereocenters. The van der Waals surface area contributed by atoms with Gasteiger partial charge in [0.2, 0.25) is 0 Å². The first-order valence-electron chi connectivity index (χ1n) is 9.88. The second kappa shape index (κ2) is 12.5. The van der Waals surface area contributed by atoms with Crippen LogP contribution in [0.5, 0.6) is 0 Å². The molecule has 0 bridgehead atoms. The van der Waals surface area contributed by atoms with Crippen LogP contribution in [0, 0.1) is 10.1 Å². The van der Waals surface area contributed by atoms with Crippen LogP contribution in [0.1, 0.15) is 36.7 Å². The van der Waals surface area contributed by atoms with Gasteiger partial charge in [0, 0.05) is 18.2 Å². The van der Waals surface area contributed by atoms with Gasteiger partial charge in [-0.2, -0.15) is 13.1 Å². The summed E-state index contributed by atoms with van der Waals surface area (Å²) in [4.78, 5) is 44.3. The van der Waals surface area contributed by atoms with Crippen molar-refractivity contribution in [3.8, 4) is 0 Å². The molecule has 0 aliphatic carbocycles. The van der Waals surface area contributed by atoms with Gasteiger partial charge in [-0.25, -0.2) is 9.59 Å². The minimum atomic E-state index is -4.53. The van der Waals surface area contributed by atoms with Gasteiger partial charge < -0.3 is 15.2 Å². The first-order chi connectivity index (χ1) is 16.1. The van der Waals surface area contributed by atoms with Crippen molar-refractivity contribution in [2.45, 2.75) is 32.4 Å². The number of amides is 1. The standard InChI is InChI=1S/C13H9NO3.C8H16N2O7S/c15-13(10-6-2-1-3-7-10)11-8-4-5-9-12(11)14(16)17;1-8(2,3)17-7(13)10-5(6(11)12)4-9-18(14,15)16/h1-9H;5,9H,4H2,1-3H3,(H,10,13)(H,11,12)(H,14,15,16). The number of carboxylic acids is 1. The third kappa shape index (κ3) is 11.2. The van der Waals surface area contributed by atoms with Crippen molar-refractivity contribution in [1.82, 2.24) is 10.0 Å². The lowest BCUT2D eigenvalue weighted by atomic mass is 10.0. The Morgan fingerprint density at radius 2 is 1.60 bits per heavy atom. The number of carbonyl (C=O) groups is 3. The second-order valence-electron chi connectivity index (χ2n) is 7.83. The number of hydrogen-bond donors (Lipinski definition) is 4. The Balaban J connectivity index is 0.000000350. The molecule has 35 heavy (non-hydrogen) atoms. The fourth-order valence-corrected chi connectivity index (χ4v) is 2.79. The van der Waals surface area contributed by atoms with Gasteiger partial charge >= 0.3 is 22.4 Å². The Morgan fingerprint density at radius 3 is 2.09 bits per heavy atom. The van der Waals surface area contributed by atoms with Crippen LogP contribution < -0.4 is 10.0 Å². The lowest BCUT2D eigenvalue weighted by Gasteiger charge is -2.21. The van der Waals surface area contributed by atoms with E-state index in [1.165, 1.54) is 12.1 Å². The molecule has 190 valence electrons. The molecule has 0 saturated carbocycles. The number of rotatable bonds is 8. The van der Waals surface area contributed by atoms with E-state index in [9.17, 15) is 32.9 Å². The average Bonchev–Trinajstić information content (AvgIpc) is 2.75. The highest BCUT2D eigenvalue weighted by atomic mass is 32.2. The second-order valence-corrected chi connectivity index (χ2v) is 9.07. The van der Waals surface area contributed by atoms with Crippen LogP contribution in [0.15, 0.2) is 54.6 Å². The van der Waals surface area contributed by atoms with Crippen molar-refractivity contribution in [3.05, 3.63) is 75.8 Å². The summed E-state index contributed by atoms with van der Waals surface area (Å²) in [5.74, 6) is -1.81. The van der Waals surface area contributed by atoms with Crippen molar-refractivity contribution in [3.63, 3.8) is 0 Å². The highest BCUT2D eigenvalue weighted by molar-refractivity contribution is 7.83. The van der Waals surface area contributed by atoms with Crippen LogP contribution in [0.4, 0.5) is 10.5 Å². The van der Waals surface area contributed by atoms with Crippen molar-refractivity contribution >= 4 is 33.8 Å². The lowest BCUT2D eigenvalue weighted by Crippen LogP contribution is -2.49. The third-order valence-electron chi connectivity index (χ3n) is 3.84. The van der Waals surface area contributed by atoms with Gasteiger partial charge in [-0.15, -0.1) is 0 Å². The predicted octanol–water partition coefficient (Wildman–Crippen LogP) is 2.18. The van der Waals surface area contributed by atoms with E-state index in [0.29, 0.717) is 5.56 Å². The van der Waals surface area contributed by atoms with Gasteiger partial charge in [-0.1, -0.05) is 42.5 Å². The van der Waals surface area contributed by atoms with Crippen LogP contribution in [-0.2, 0) is 19.8 Å². The van der Waals surface area contributed by atoms with Crippen molar-refractivity contribution in [1.29, 1.82) is 0 Å². The molecule has 0 radical (unpaired) electrons. The molecule has 2 rings (SSSR count). The normalized spacial score (nSPS) is 11.9. The number of alkyl carbamates (subject to hydrolysis) is 1. The lowest BCUT2D eigenvalue weighted by molar-refractivity contribution is -0.385. The number of carbonyl (C=O) groups excluding carboxylic acids is 2. The number of carboxylic acid groups (broad SMARTS) is 1. The van der Waals surface area contributed by atoms with Gasteiger partial charge in [0.05, 0.1) is 4.92 Å². The summed E-state index contributed by atoms with van der Waals surface area (Å²) in [6, 6.07) is 12.9. The van der Waals surface area contributed by atoms with E-state index >= 15 is 0 Å². The van der Waals surface area contributed by atoms with Crippen LogP contribution >= 0.6 is 0 Å². The monoisotopic (exact) mass is 511 g/mol. The SMILES string of the molecule is CC(C)(C)OC(=O)NC(CNS(=O)(=O)O)C(=O)O.O=C(c1ccccc1)c1ccccc1[N+](=O)[O-]. The molecule has 0 saturated heterocycles. The van der Waals surface area contributed by atoms with E-state index in [0.717, 1.165) is 0 Å². The number of ether oxygens (including phenoxy) is 1. The van der Waals surface area contributed by atoms with E-state index in [1.54, 1.807) is 68.0 Å². The van der Waals surface area contributed by atoms with Gasteiger partial charge in [0.1, 0.15) is 17.2 Å². The number of aliphatic carboxylic acids is 1. The van der Waals surface area contributed by atoms with Gasteiger partial charge in [0.15, 0.2) is 5.78 Å². The molecule has 2 aromatic carbocycles. The number of nitro groups is 1. The number of nitrogens with zero attached hydrogens (tertiary/aromatic N) is 1. The fourth-order valence-electron chi connectivity index (χ4n) is 2.41. The minimum Gasteiger partial charge on any atom is -0.480 e. The third-order valence-corrected chi connectivity index (χ3v) is 4.37. The van der Waals surface area contributed by atoms with Gasteiger partial charge in [-0.05, 0) is 26.8 Å². The summed E-state index contributed by atoms with van der Waals surface area (Å²) in [6.45, 7) is 4.05. The van der Waals surface area contributed by atoms with Crippen molar-refractivity contribution in [2.24, 2.45) is 0 Å². The Bertz CT molecular complexity index is 1160. The molecule has 4 N–H and O–H groups in total. The zero-order chi connectivity index (χ0) is 26.8. The molecular weight excluding hydrogens is 486 g/mol. The topological polar surface area (TPSA) is 202 Å². The first-order valence-corrected chi connectivity index (χ1v) is 11.3. The number of nitrogens with one attached hydrogen (secondary N) is 2. The predicted molar refractivity (Wildman–Crippen MR) is 123 cm³/mol. The summed E-state index contributed by atoms with van der Waals surface area (Å²) in [5.41, 5.74) is -0.421. The number of benzene rings is 2. The fraction of sp³-hybridized carbons (Fsp3) is 0.286. The molecule has 1 amide bonds. The van der Waals surface area contributed by atoms with E-state index in [-0.39, 0.29) is 17.0 Å². The highest BCUT2D eigenvalue weighted by Crippen LogP contribution is 2.21. The van der Waals surface area contributed by atoms with Crippen LogP contribution in [0.2, 0.25) is 0 Å². The van der Waals surface area contributed by atoms with E-state index < -0.39 is 45.5 Å². The van der Waals surface area contributed by atoms with Gasteiger partial charge in [0.25, 0.3) is 5.69 Å². The van der Waals surface area contributed by atoms with Crippen LogP contribution in [-0.4, -0.2) is 59.0 Å². The van der Waals surface area contributed by atoms with Gasteiger partial charge in [-0.3, -0.25) is 19.5 Å². The molecule has 0 aromatic heterocycles. The zero-order valence-corrected chi connectivity index (χ0v) is 19.8. The molecule has 0 fully saturated rings. The Labute approximate surface area is 201 Å². The minimum absolute atomic E-state index is 0.115. The average molecular weight is 512 g/mol. The van der Waals surface area contributed by atoms with E-state index in [4.69, 9.17) is 14.4 Å². The molecule has 0 aliphatic heterocycles. The van der Waals surface area contributed by atoms with E-state index in [2.05, 4.69) is 0 Å². The molecule has 2 aromatic rings. The number of hydrogen-bond acceptors (Lipinski definition) is 8. The number of ketones is 1. The molecular formula is C21H25N3O10S. The molecule has 14 heteroatoms. The Hall–Kier alpha value is -3.88. The number of nitro benzene ring substituents is 1. The summed E-state index contributed by atoms with van der Waals surface area (Å²) >= 11 is 0. The molecule has 0 aliphatic rings. The molecule has 1 unspecified atom stereocenters. The summed E-state index contributed by atoms with van der Waals surface area (Å²) in [6.07, 6.45) is -1.01. The first kappa shape index (κ1) is 29.2. The summed E-state index contributed by atoms with van der Waals surface area (Å²) in [7, 11) is -4.53. The zero-order valence-electron chi connectivity index (χ0n) is 19.0. The quantitative estimate of drug-likeness (QED) is 0.176. The maximum atomic E-state index is 12.1. The Kier molecular flexibility index (Phi) is 10.4. The largest absolute Gasteiger partial charge is 0.480 e. The maximum Gasteiger partial charge on any atom is 0.408 e. The summed E-state index contributed by atoms with van der Waals surface area (Å²) < 4.78 is 35.5. The Morgan fingerprint density at radius 1 is 1.06 bits per heavy atom. The van der Waals surface area contributed by atoms with Crippen molar-refractivity contribution < 1.29 is 42.1 Å². The summed E-state index contributed by atoms with van der Waals surface area (Å²) in [5, 5.41) is 21.5.